The summed E-state index contributed by atoms with van der Waals surface area (Å²) in [5.74, 6) is -1.17. The first-order chi connectivity index (χ1) is 10.0. The van der Waals surface area contributed by atoms with Gasteiger partial charge in [0.2, 0.25) is 5.91 Å². The van der Waals surface area contributed by atoms with Crippen LogP contribution in [0.15, 0.2) is 42.5 Å². The van der Waals surface area contributed by atoms with Crippen LogP contribution in [0.2, 0.25) is 0 Å². The minimum absolute atomic E-state index is 0.164. The van der Waals surface area contributed by atoms with Crippen molar-refractivity contribution in [1.29, 1.82) is 0 Å². The summed E-state index contributed by atoms with van der Waals surface area (Å²) in [5.41, 5.74) is 0.627. The van der Waals surface area contributed by atoms with E-state index in [1.54, 1.807) is 6.07 Å². The Morgan fingerprint density at radius 1 is 1.14 bits per heavy atom. The number of benzene rings is 2. The molecule has 1 unspecified atom stereocenters. The monoisotopic (exact) mass is 285 g/mol. The lowest BCUT2D eigenvalue weighted by Gasteiger charge is -2.27. The highest BCUT2D eigenvalue weighted by Gasteiger charge is 2.26. The second-order valence-electron chi connectivity index (χ2n) is 5.06. The van der Waals surface area contributed by atoms with Crippen LogP contribution in [0.4, 0.5) is 5.69 Å². The maximum absolute atomic E-state index is 12.3. The van der Waals surface area contributed by atoms with Gasteiger partial charge in [-0.2, -0.15) is 0 Å². The number of aliphatic carboxylic acids is 1. The number of carboxylic acids is 1. The molecule has 0 radical (unpaired) electrons. The Labute approximate surface area is 124 Å². The fourth-order valence-electron chi connectivity index (χ4n) is 2.35. The second-order valence-corrected chi connectivity index (χ2v) is 5.06. The van der Waals surface area contributed by atoms with Crippen LogP contribution in [0.5, 0.6) is 0 Å². The predicted octanol–water partition coefficient (Wildman–Crippen LogP) is 3.45. The highest BCUT2D eigenvalue weighted by molar-refractivity contribution is 6.00. The number of nitrogens with zero attached hydrogens (tertiary/aromatic N) is 1. The summed E-state index contributed by atoms with van der Waals surface area (Å²) in [5, 5.41) is 11.3. The predicted molar refractivity (Wildman–Crippen MR) is 83.4 cm³/mol. The highest BCUT2D eigenvalue weighted by atomic mass is 16.4. The second kappa shape index (κ2) is 6.39. The molecule has 0 saturated carbocycles. The quantitative estimate of drug-likeness (QED) is 0.915. The molecule has 0 aliphatic rings. The third-order valence-electron chi connectivity index (χ3n) is 3.49. The van der Waals surface area contributed by atoms with Crippen molar-refractivity contribution in [3.05, 3.63) is 42.5 Å². The molecule has 0 aliphatic heterocycles. The van der Waals surface area contributed by atoms with Gasteiger partial charge in [0, 0.05) is 12.1 Å². The molecule has 0 fully saturated rings. The van der Waals surface area contributed by atoms with E-state index in [0.717, 1.165) is 10.8 Å². The number of anilines is 1. The van der Waals surface area contributed by atoms with Gasteiger partial charge in [0.25, 0.3) is 0 Å². The van der Waals surface area contributed by atoms with Crippen molar-refractivity contribution in [2.24, 2.45) is 0 Å². The molecule has 2 aromatic rings. The fourth-order valence-corrected chi connectivity index (χ4v) is 2.35. The number of carbonyl (C=O) groups is 2. The van der Waals surface area contributed by atoms with Crippen LogP contribution in [-0.2, 0) is 9.59 Å². The molecule has 0 heterocycles. The van der Waals surface area contributed by atoms with Crippen molar-refractivity contribution < 1.29 is 14.7 Å². The van der Waals surface area contributed by atoms with E-state index in [-0.39, 0.29) is 5.91 Å². The van der Waals surface area contributed by atoms with Crippen molar-refractivity contribution in [1.82, 2.24) is 0 Å². The minimum atomic E-state index is -1.01. The van der Waals surface area contributed by atoms with Crippen molar-refractivity contribution in [2.45, 2.75) is 32.7 Å². The zero-order chi connectivity index (χ0) is 15.4. The summed E-state index contributed by atoms with van der Waals surface area (Å²) in [7, 11) is 0. The molecule has 0 spiro atoms. The Morgan fingerprint density at radius 2 is 1.81 bits per heavy atom. The van der Waals surface area contributed by atoms with Gasteiger partial charge >= 0.3 is 5.97 Å². The number of hydrogen-bond acceptors (Lipinski definition) is 2. The van der Waals surface area contributed by atoms with Gasteiger partial charge in [-0.25, -0.2) is 4.79 Å². The molecule has 2 rings (SSSR count). The Balaban J connectivity index is 2.46. The van der Waals surface area contributed by atoms with Gasteiger partial charge in [0.1, 0.15) is 6.04 Å². The number of carboxylic acid groups (broad SMARTS) is 1. The first kappa shape index (κ1) is 15.0. The highest BCUT2D eigenvalue weighted by Crippen LogP contribution is 2.24. The van der Waals surface area contributed by atoms with Crippen LogP contribution in [-0.4, -0.2) is 23.0 Å². The van der Waals surface area contributed by atoms with Crippen molar-refractivity contribution in [3.8, 4) is 0 Å². The summed E-state index contributed by atoms with van der Waals surface area (Å²) >= 11 is 0. The maximum atomic E-state index is 12.3. The first-order valence-electron chi connectivity index (χ1n) is 7.08. The average Bonchev–Trinajstić information content (AvgIpc) is 2.47. The lowest BCUT2D eigenvalue weighted by Crippen LogP contribution is -2.43. The largest absolute Gasteiger partial charge is 0.480 e. The maximum Gasteiger partial charge on any atom is 0.326 e. The van der Waals surface area contributed by atoms with Crippen molar-refractivity contribution in [3.63, 3.8) is 0 Å². The normalized spacial score (nSPS) is 12.1. The molecule has 2 aromatic carbocycles. The van der Waals surface area contributed by atoms with E-state index in [1.807, 2.05) is 43.3 Å². The topological polar surface area (TPSA) is 57.6 Å². The Hall–Kier alpha value is -2.36. The molecule has 0 aliphatic carbocycles. The average molecular weight is 285 g/mol. The van der Waals surface area contributed by atoms with Crippen LogP contribution in [0.1, 0.15) is 26.7 Å². The van der Waals surface area contributed by atoms with Crippen LogP contribution in [0.25, 0.3) is 10.8 Å². The van der Waals surface area contributed by atoms with E-state index in [2.05, 4.69) is 0 Å². The molecule has 1 amide bonds. The molecule has 110 valence electrons. The van der Waals surface area contributed by atoms with Gasteiger partial charge < -0.3 is 5.11 Å². The summed E-state index contributed by atoms with van der Waals surface area (Å²) in [6.45, 7) is 3.44. The minimum Gasteiger partial charge on any atom is -0.480 e. The molecule has 0 aromatic heterocycles. The van der Waals surface area contributed by atoms with E-state index in [0.29, 0.717) is 18.5 Å². The Kier molecular flexibility index (Phi) is 4.58. The molecule has 1 N–H and O–H groups in total. The van der Waals surface area contributed by atoms with Gasteiger partial charge in [0.05, 0.1) is 0 Å². The van der Waals surface area contributed by atoms with E-state index in [4.69, 9.17) is 0 Å². The molecule has 21 heavy (non-hydrogen) atoms. The molecule has 4 heteroatoms. The van der Waals surface area contributed by atoms with Gasteiger partial charge in [-0.1, -0.05) is 37.3 Å². The van der Waals surface area contributed by atoms with Crippen molar-refractivity contribution in [2.75, 3.05) is 4.90 Å². The number of carbonyl (C=O) groups excluding carboxylic acids is 1. The van der Waals surface area contributed by atoms with Crippen LogP contribution in [0.3, 0.4) is 0 Å². The number of hydrogen-bond donors (Lipinski definition) is 1. The zero-order valence-corrected chi connectivity index (χ0v) is 12.2. The molecule has 4 nitrogen and oxygen atoms in total. The molecule has 0 bridgehead atoms. The van der Waals surface area contributed by atoms with E-state index in [9.17, 15) is 14.7 Å². The third-order valence-corrected chi connectivity index (χ3v) is 3.49. The number of amides is 1. The van der Waals surface area contributed by atoms with Gasteiger partial charge in [0.15, 0.2) is 0 Å². The van der Waals surface area contributed by atoms with Gasteiger partial charge in [-0.05, 0) is 36.2 Å². The lowest BCUT2D eigenvalue weighted by atomic mass is 10.1. The molecular weight excluding hydrogens is 266 g/mol. The van der Waals surface area contributed by atoms with Gasteiger partial charge in [-0.15, -0.1) is 0 Å². The standard InChI is InChI=1S/C17H19NO3/c1-3-6-16(19)18(12(2)17(20)21)15-10-9-13-7-4-5-8-14(13)11-15/h4-5,7-12H,3,6H2,1-2H3,(H,20,21). The third kappa shape index (κ3) is 3.21. The zero-order valence-electron chi connectivity index (χ0n) is 12.2. The summed E-state index contributed by atoms with van der Waals surface area (Å²) in [6, 6.07) is 12.5. The van der Waals surface area contributed by atoms with Gasteiger partial charge in [-0.3, -0.25) is 9.69 Å². The SMILES string of the molecule is CCCC(=O)N(c1ccc2ccccc2c1)C(C)C(=O)O. The first-order valence-corrected chi connectivity index (χ1v) is 7.08. The van der Waals surface area contributed by atoms with E-state index < -0.39 is 12.0 Å². The van der Waals surface area contributed by atoms with Crippen LogP contribution < -0.4 is 4.90 Å². The Morgan fingerprint density at radius 3 is 2.43 bits per heavy atom. The molecule has 0 saturated heterocycles. The number of rotatable bonds is 5. The number of fused-ring (bicyclic) bond motifs is 1. The summed E-state index contributed by atoms with van der Waals surface area (Å²) in [6.07, 6.45) is 1.03. The van der Waals surface area contributed by atoms with Crippen molar-refractivity contribution >= 4 is 28.3 Å². The summed E-state index contributed by atoms with van der Waals surface area (Å²) < 4.78 is 0. The fraction of sp³-hybridized carbons (Fsp3) is 0.294. The Bertz CT molecular complexity index is 666. The van der Waals surface area contributed by atoms with Crippen LogP contribution in [0, 0.1) is 0 Å². The van der Waals surface area contributed by atoms with Crippen LogP contribution >= 0.6 is 0 Å². The lowest BCUT2D eigenvalue weighted by molar-refractivity contribution is -0.139. The molecule has 1 atom stereocenters. The van der Waals surface area contributed by atoms with E-state index in [1.165, 1.54) is 11.8 Å². The smallest absolute Gasteiger partial charge is 0.326 e. The van der Waals surface area contributed by atoms with E-state index >= 15 is 0 Å². The summed E-state index contributed by atoms with van der Waals surface area (Å²) in [4.78, 5) is 25.0. The molecular formula is C17H19NO3.